The van der Waals surface area contributed by atoms with Gasteiger partial charge in [0.2, 0.25) is 5.91 Å². The van der Waals surface area contributed by atoms with Crippen LogP contribution in [0.3, 0.4) is 0 Å². The summed E-state index contributed by atoms with van der Waals surface area (Å²) in [7, 11) is 0. The smallest absolute Gasteiger partial charge is 0.237 e. The van der Waals surface area contributed by atoms with Crippen molar-refractivity contribution in [2.75, 3.05) is 6.54 Å². The van der Waals surface area contributed by atoms with Crippen molar-refractivity contribution >= 4 is 40.7 Å². The topological polar surface area (TPSA) is 41.1 Å². The fraction of sp³-hybridized carbons (Fsp3) is 0.462. The van der Waals surface area contributed by atoms with Gasteiger partial charge in [-0.05, 0) is 31.4 Å². The van der Waals surface area contributed by atoms with Gasteiger partial charge in [0.1, 0.15) is 0 Å². The lowest BCUT2D eigenvalue weighted by atomic mass is 10.1. The minimum Gasteiger partial charge on any atom is -0.355 e. The Morgan fingerprint density at radius 2 is 1.95 bits per heavy atom. The van der Waals surface area contributed by atoms with Gasteiger partial charge >= 0.3 is 0 Å². The summed E-state index contributed by atoms with van der Waals surface area (Å²) in [5, 5.41) is 7.53. The third kappa shape index (κ3) is 3.76. The van der Waals surface area contributed by atoms with Crippen LogP contribution in [0, 0.1) is 0 Å². The summed E-state index contributed by atoms with van der Waals surface area (Å²) in [6.45, 7) is 1.17. The van der Waals surface area contributed by atoms with E-state index in [1.54, 1.807) is 12.1 Å². The first-order chi connectivity index (χ1) is 9.09. The summed E-state index contributed by atoms with van der Waals surface area (Å²) < 4.78 is 0. The van der Waals surface area contributed by atoms with E-state index in [-0.39, 0.29) is 11.9 Å². The highest BCUT2D eigenvalue weighted by molar-refractivity contribution is 6.44. The van der Waals surface area contributed by atoms with Crippen LogP contribution in [-0.4, -0.2) is 18.5 Å². The van der Waals surface area contributed by atoms with Crippen LogP contribution in [0.2, 0.25) is 15.1 Å². The van der Waals surface area contributed by atoms with Gasteiger partial charge < -0.3 is 10.6 Å². The lowest BCUT2D eigenvalue weighted by Gasteiger charge is -2.16. The van der Waals surface area contributed by atoms with E-state index >= 15 is 0 Å². The molecule has 1 aromatic carbocycles. The summed E-state index contributed by atoms with van der Waals surface area (Å²) in [6, 6.07) is 3.17. The number of hydrogen-bond donors (Lipinski definition) is 2. The first-order valence-electron chi connectivity index (χ1n) is 6.23. The lowest BCUT2D eigenvalue weighted by molar-refractivity contribution is -0.122. The molecule has 1 heterocycles. The SMILES string of the molecule is O=C1NCCCCC1NCc1c(Cl)ccc(Cl)c1Cl. The lowest BCUT2D eigenvalue weighted by Crippen LogP contribution is -2.42. The molecule has 0 radical (unpaired) electrons. The first-order valence-corrected chi connectivity index (χ1v) is 7.36. The molecule has 2 N–H and O–H groups in total. The van der Waals surface area contributed by atoms with Crippen molar-refractivity contribution in [2.45, 2.75) is 31.8 Å². The summed E-state index contributed by atoms with van der Waals surface area (Å²) in [6.07, 6.45) is 2.86. The zero-order valence-electron chi connectivity index (χ0n) is 10.3. The third-order valence-corrected chi connectivity index (χ3v) is 4.40. The van der Waals surface area contributed by atoms with E-state index in [2.05, 4.69) is 10.6 Å². The van der Waals surface area contributed by atoms with Crippen molar-refractivity contribution in [1.29, 1.82) is 0 Å². The molecule has 1 amide bonds. The second-order valence-electron chi connectivity index (χ2n) is 4.54. The molecule has 6 heteroatoms. The van der Waals surface area contributed by atoms with Crippen LogP contribution >= 0.6 is 34.8 Å². The van der Waals surface area contributed by atoms with Crippen LogP contribution in [0.15, 0.2) is 12.1 Å². The summed E-state index contributed by atoms with van der Waals surface area (Å²) in [5.74, 6) is 0.0340. The van der Waals surface area contributed by atoms with E-state index in [4.69, 9.17) is 34.8 Å². The molecule has 1 aromatic rings. The molecular weight excluding hydrogens is 307 g/mol. The van der Waals surface area contributed by atoms with E-state index in [1.165, 1.54) is 0 Å². The van der Waals surface area contributed by atoms with Crippen LogP contribution < -0.4 is 10.6 Å². The predicted octanol–water partition coefficient (Wildman–Crippen LogP) is 3.41. The maximum absolute atomic E-state index is 11.8. The zero-order chi connectivity index (χ0) is 13.8. The maximum Gasteiger partial charge on any atom is 0.237 e. The summed E-state index contributed by atoms with van der Waals surface area (Å²) in [5.41, 5.74) is 0.730. The van der Waals surface area contributed by atoms with Gasteiger partial charge in [-0.3, -0.25) is 4.79 Å². The average molecular weight is 322 g/mol. The quantitative estimate of drug-likeness (QED) is 0.838. The average Bonchev–Trinajstić information content (AvgIpc) is 2.59. The largest absolute Gasteiger partial charge is 0.355 e. The van der Waals surface area contributed by atoms with Crippen molar-refractivity contribution in [3.63, 3.8) is 0 Å². The van der Waals surface area contributed by atoms with Crippen molar-refractivity contribution in [3.8, 4) is 0 Å². The number of amides is 1. The molecule has 3 nitrogen and oxygen atoms in total. The van der Waals surface area contributed by atoms with Crippen LogP contribution in [0.25, 0.3) is 0 Å². The minimum absolute atomic E-state index is 0.0340. The Morgan fingerprint density at radius 3 is 2.74 bits per heavy atom. The summed E-state index contributed by atoms with van der Waals surface area (Å²) in [4.78, 5) is 11.8. The number of carbonyl (C=O) groups excluding carboxylic acids is 1. The molecule has 0 saturated carbocycles. The fourth-order valence-corrected chi connectivity index (χ4v) is 2.77. The van der Waals surface area contributed by atoms with E-state index < -0.39 is 0 Å². The van der Waals surface area contributed by atoms with Gasteiger partial charge in [0.15, 0.2) is 0 Å². The molecule has 0 spiro atoms. The first kappa shape index (κ1) is 14.9. The molecule has 1 fully saturated rings. The van der Waals surface area contributed by atoms with Gasteiger partial charge in [0.05, 0.1) is 16.1 Å². The van der Waals surface area contributed by atoms with Crippen LogP contribution in [0.1, 0.15) is 24.8 Å². The van der Waals surface area contributed by atoms with E-state index in [0.29, 0.717) is 21.6 Å². The van der Waals surface area contributed by atoms with Gasteiger partial charge in [-0.2, -0.15) is 0 Å². The van der Waals surface area contributed by atoms with Crippen molar-refractivity contribution < 1.29 is 4.79 Å². The second kappa shape index (κ2) is 6.80. The number of hydrogen-bond acceptors (Lipinski definition) is 2. The highest BCUT2D eigenvalue weighted by Crippen LogP contribution is 2.31. The molecule has 19 heavy (non-hydrogen) atoms. The molecule has 0 bridgehead atoms. The Kier molecular flexibility index (Phi) is 5.34. The Bertz CT molecular complexity index is 479. The third-order valence-electron chi connectivity index (χ3n) is 3.20. The zero-order valence-corrected chi connectivity index (χ0v) is 12.6. The molecule has 1 aliphatic heterocycles. The number of benzene rings is 1. The molecule has 0 aliphatic carbocycles. The van der Waals surface area contributed by atoms with Crippen molar-refractivity contribution in [2.24, 2.45) is 0 Å². The van der Waals surface area contributed by atoms with E-state index in [0.717, 1.165) is 31.4 Å². The Morgan fingerprint density at radius 1 is 1.21 bits per heavy atom. The molecule has 1 unspecified atom stereocenters. The highest BCUT2D eigenvalue weighted by Gasteiger charge is 2.20. The molecule has 1 aliphatic rings. The normalized spacial score (nSPS) is 19.9. The van der Waals surface area contributed by atoms with Crippen LogP contribution in [0.4, 0.5) is 0 Å². The van der Waals surface area contributed by atoms with E-state index in [9.17, 15) is 4.79 Å². The molecule has 104 valence electrons. The number of rotatable bonds is 3. The Hall–Kier alpha value is -0.480. The van der Waals surface area contributed by atoms with Crippen molar-refractivity contribution in [3.05, 3.63) is 32.8 Å². The monoisotopic (exact) mass is 320 g/mol. The fourth-order valence-electron chi connectivity index (χ4n) is 2.09. The van der Waals surface area contributed by atoms with Gasteiger partial charge in [-0.1, -0.05) is 34.8 Å². The van der Waals surface area contributed by atoms with Crippen molar-refractivity contribution in [1.82, 2.24) is 10.6 Å². The maximum atomic E-state index is 11.8. The number of halogens is 3. The Balaban J connectivity index is 2.06. The molecule has 2 rings (SSSR count). The standard InChI is InChI=1S/C13H15Cl3N2O/c14-9-4-5-10(15)12(16)8(9)7-18-11-3-1-2-6-17-13(11)19/h4-5,11,18H,1-3,6-7H2,(H,17,19). The predicted molar refractivity (Wildman–Crippen MR) is 79.0 cm³/mol. The summed E-state index contributed by atoms with van der Waals surface area (Å²) >= 11 is 18.2. The van der Waals surface area contributed by atoms with Crippen LogP contribution in [0.5, 0.6) is 0 Å². The molecule has 1 atom stereocenters. The minimum atomic E-state index is -0.200. The van der Waals surface area contributed by atoms with Gasteiger partial charge in [-0.25, -0.2) is 0 Å². The van der Waals surface area contributed by atoms with E-state index in [1.807, 2.05) is 0 Å². The van der Waals surface area contributed by atoms with Crippen LogP contribution in [-0.2, 0) is 11.3 Å². The highest BCUT2D eigenvalue weighted by atomic mass is 35.5. The number of nitrogens with one attached hydrogen (secondary N) is 2. The molecular formula is C13H15Cl3N2O. The van der Waals surface area contributed by atoms with Gasteiger partial charge in [-0.15, -0.1) is 0 Å². The number of carbonyl (C=O) groups is 1. The molecule has 1 saturated heterocycles. The molecule has 0 aromatic heterocycles. The van der Waals surface area contributed by atoms with Gasteiger partial charge in [0.25, 0.3) is 0 Å². The van der Waals surface area contributed by atoms with Gasteiger partial charge in [0, 0.05) is 23.7 Å². The Labute approximate surface area is 127 Å². The second-order valence-corrected chi connectivity index (χ2v) is 5.73.